The molecule has 0 aliphatic heterocycles. The number of aryl methyl sites for hydroxylation is 2. The highest BCUT2D eigenvalue weighted by Gasteiger charge is 2.15. The number of ether oxygens (including phenoxy) is 1. The lowest BCUT2D eigenvalue weighted by Crippen LogP contribution is -2.07. The van der Waals surface area contributed by atoms with Crippen LogP contribution in [-0.4, -0.2) is 13.1 Å². The summed E-state index contributed by atoms with van der Waals surface area (Å²) in [4.78, 5) is 11.4. The van der Waals surface area contributed by atoms with E-state index in [9.17, 15) is 4.79 Å². The summed E-state index contributed by atoms with van der Waals surface area (Å²) in [5.41, 5.74) is 2.60. The van der Waals surface area contributed by atoms with Crippen molar-refractivity contribution in [2.75, 3.05) is 7.11 Å². The van der Waals surface area contributed by atoms with E-state index in [2.05, 4.69) is 4.74 Å². The lowest BCUT2D eigenvalue weighted by Gasteiger charge is -2.08. The molecular weight excluding hydrogens is 190 g/mol. The van der Waals surface area contributed by atoms with Crippen molar-refractivity contribution in [1.82, 2.24) is 0 Å². The summed E-state index contributed by atoms with van der Waals surface area (Å²) in [7, 11) is 1.32. The van der Waals surface area contributed by atoms with Crippen LogP contribution in [0, 0.1) is 18.3 Å². The van der Waals surface area contributed by atoms with Gasteiger partial charge in [-0.3, -0.25) is 0 Å². The highest BCUT2D eigenvalue weighted by molar-refractivity contribution is 5.93. The summed E-state index contributed by atoms with van der Waals surface area (Å²) < 4.78 is 4.64. The largest absolute Gasteiger partial charge is 0.465 e. The van der Waals surface area contributed by atoms with Gasteiger partial charge in [0.25, 0.3) is 0 Å². The van der Waals surface area contributed by atoms with E-state index in [1.54, 1.807) is 6.07 Å². The van der Waals surface area contributed by atoms with E-state index in [-0.39, 0.29) is 0 Å². The molecule has 1 aromatic rings. The Morgan fingerprint density at radius 1 is 1.53 bits per heavy atom. The minimum atomic E-state index is -0.452. The van der Waals surface area contributed by atoms with Gasteiger partial charge in [-0.05, 0) is 30.5 Å². The molecule has 0 aliphatic carbocycles. The van der Waals surface area contributed by atoms with E-state index in [0.717, 1.165) is 17.5 Å². The van der Waals surface area contributed by atoms with E-state index in [1.165, 1.54) is 7.11 Å². The number of carbonyl (C=O) groups is 1. The normalized spacial score (nSPS) is 9.47. The van der Waals surface area contributed by atoms with Gasteiger partial charge in [-0.1, -0.05) is 13.0 Å². The molecule has 0 saturated heterocycles. The van der Waals surface area contributed by atoms with E-state index in [1.807, 2.05) is 26.0 Å². The number of esters is 1. The molecule has 15 heavy (non-hydrogen) atoms. The average molecular weight is 203 g/mol. The fourth-order valence-corrected chi connectivity index (χ4v) is 1.53. The third-order valence-electron chi connectivity index (χ3n) is 2.31. The van der Waals surface area contributed by atoms with Crippen LogP contribution in [0.2, 0.25) is 0 Å². The Morgan fingerprint density at radius 2 is 2.20 bits per heavy atom. The van der Waals surface area contributed by atoms with E-state index < -0.39 is 5.97 Å². The third-order valence-corrected chi connectivity index (χ3v) is 2.31. The average Bonchev–Trinajstić information content (AvgIpc) is 2.26. The summed E-state index contributed by atoms with van der Waals surface area (Å²) in [5, 5.41) is 8.95. The maximum atomic E-state index is 11.4. The zero-order valence-electron chi connectivity index (χ0n) is 9.13. The molecule has 1 aromatic carbocycles. The van der Waals surface area contributed by atoms with Crippen LogP contribution < -0.4 is 0 Å². The number of hydrogen-bond donors (Lipinski definition) is 0. The molecule has 3 nitrogen and oxygen atoms in total. The zero-order chi connectivity index (χ0) is 11.4. The van der Waals surface area contributed by atoms with Crippen LogP contribution in [0.15, 0.2) is 12.1 Å². The molecule has 0 aliphatic rings. The second kappa shape index (κ2) is 4.61. The minimum Gasteiger partial charge on any atom is -0.465 e. The molecular formula is C12H13NO2. The number of nitrogens with zero attached hydrogens (tertiary/aromatic N) is 1. The molecule has 0 N–H and O–H groups in total. The van der Waals surface area contributed by atoms with Gasteiger partial charge in [0.15, 0.2) is 0 Å². The number of carbonyl (C=O) groups excluding carboxylic acids is 1. The molecule has 0 spiro atoms. The summed E-state index contributed by atoms with van der Waals surface area (Å²) >= 11 is 0. The first-order chi connectivity index (χ1) is 7.13. The summed E-state index contributed by atoms with van der Waals surface area (Å²) in [5.74, 6) is -0.452. The number of methoxy groups -OCH3 is 1. The Morgan fingerprint density at radius 3 is 2.67 bits per heavy atom. The zero-order valence-corrected chi connectivity index (χ0v) is 9.13. The Hall–Kier alpha value is -1.82. The van der Waals surface area contributed by atoms with Crippen molar-refractivity contribution in [3.8, 4) is 6.07 Å². The highest BCUT2D eigenvalue weighted by atomic mass is 16.5. The molecule has 0 unspecified atom stereocenters. The predicted molar refractivity (Wildman–Crippen MR) is 56.6 cm³/mol. The van der Waals surface area contributed by atoms with Crippen molar-refractivity contribution < 1.29 is 9.53 Å². The molecule has 3 heteroatoms. The van der Waals surface area contributed by atoms with E-state index in [0.29, 0.717) is 11.1 Å². The molecule has 0 aromatic heterocycles. The number of nitriles is 1. The quantitative estimate of drug-likeness (QED) is 0.692. The predicted octanol–water partition coefficient (Wildman–Crippen LogP) is 2.22. The number of hydrogen-bond acceptors (Lipinski definition) is 3. The fourth-order valence-electron chi connectivity index (χ4n) is 1.53. The standard InChI is InChI=1S/C12H13NO2/c1-4-9-5-8(2)11(12(14)15-3)10(6-9)7-13/h5-6H,4H2,1-3H3. The maximum absolute atomic E-state index is 11.4. The first kappa shape index (κ1) is 11.3. The van der Waals surface area contributed by atoms with Crippen molar-refractivity contribution in [2.45, 2.75) is 20.3 Å². The Labute approximate surface area is 89.3 Å². The molecule has 0 radical (unpaired) electrons. The lowest BCUT2D eigenvalue weighted by atomic mass is 9.98. The SMILES string of the molecule is CCc1cc(C)c(C(=O)OC)c(C#N)c1. The first-order valence-corrected chi connectivity index (χ1v) is 4.76. The molecule has 0 heterocycles. The van der Waals surface area contributed by atoms with Gasteiger partial charge in [0.1, 0.15) is 6.07 Å². The van der Waals surface area contributed by atoms with Gasteiger partial charge >= 0.3 is 5.97 Å². The number of rotatable bonds is 2. The second-order valence-electron chi connectivity index (χ2n) is 3.29. The van der Waals surface area contributed by atoms with Crippen LogP contribution in [0.5, 0.6) is 0 Å². The topological polar surface area (TPSA) is 50.1 Å². The highest BCUT2D eigenvalue weighted by Crippen LogP contribution is 2.18. The number of benzene rings is 1. The van der Waals surface area contributed by atoms with Crippen molar-refractivity contribution in [2.24, 2.45) is 0 Å². The van der Waals surface area contributed by atoms with E-state index >= 15 is 0 Å². The molecule has 78 valence electrons. The Kier molecular flexibility index (Phi) is 3.46. The molecule has 0 saturated carbocycles. The lowest BCUT2D eigenvalue weighted by molar-refractivity contribution is 0.0599. The summed E-state index contributed by atoms with van der Waals surface area (Å²) in [6, 6.07) is 5.67. The minimum absolute atomic E-state index is 0.372. The Balaban J connectivity index is 3.39. The van der Waals surface area contributed by atoms with Crippen molar-refractivity contribution in [1.29, 1.82) is 5.26 Å². The van der Waals surface area contributed by atoms with Gasteiger partial charge in [-0.2, -0.15) is 5.26 Å². The van der Waals surface area contributed by atoms with Gasteiger partial charge in [-0.15, -0.1) is 0 Å². The van der Waals surface area contributed by atoms with Crippen LogP contribution in [0.1, 0.15) is 34.0 Å². The van der Waals surface area contributed by atoms with E-state index in [4.69, 9.17) is 5.26 Å². The summed E-state index contributed by atoms with van der Waals surface area (Å²) in [6.45, 7) is 3.82. The molecule has 0 amide bonds. The van der Waals surface area contributed by atoms with Crippen molar-refractivity contribution >= 4 is 5.97 Å². The molecule has 0 bridgehead atoms. The van der Waals surface area contributed by atoms with Crippen LogP contribution in [0.25, 0.3) is 0 Å². The van der Waals surface area contributed by atoms with Crippen LogP contribution >= 0.6 is 0 Å². The fraction of sp³-hybridized carbons (Fsp3) is 0.333. The van der Waals surface area contributed by atoms with Crippen molar-refractivity contribution in [3.05, 3.63) is 34.4 Å². The Bertz CT molecular complexity index is 430. The van der Waals surface area contributed by atoms with Gasteiger partial charge in [0.2, 0.25) is 0 Å². The van der Waals surface area contributed by atoms with Crippen LogP contribution in [0.4, 0.5) is 0 Å². The van der Waals surface area contributed by atoms with Crippen LogP contribution in [0.3, 0.4) is 0 Å². The molecule has 0 atom stereocenters. The smallest absolute Gasteiger partial charge is 0.339 e. The van der Waals surface area contributed by atoms with Crippen LogP contribution in [-0.2, 0) is 11.2 Å². The third kappa shape index (κ3) is 2.16. The second-order valence-corrected chi connectivity index (χ2v) is 3.29. The first-order valence-electron chi connectivity index (χ1n) is 4.76. The van der Waals surface area contributed by atoms with Gasteiger partial charge in [0.05, 0.1) is 18.2 Å². The van der Waals surface area contributed by atoms with Gasteiger partial charge in [-0.25, -0.2) is 4.79 Å². The maximum Gasteiger partial charge on any atom is 0.339 e. The van der Waals surface area contributed by atoms with Crippen molar-refractivity contribution in [3.63, 3.8) is 0 Å². The molecule has 0 fully saturated rings. The van der Waals surface area contributed by atoms with Gasteiger partial charge < -0.3 is 4.74 Å². The molecule has 1 rings (SSSR count). The monoisotopic (exact) mass is 203 g/mol. The summed E-state index contributed by atoms with van der Waals surface area (Å²) in [6.07, 6.45) is 0.844. The van der Waals surface area contributed by atoms with Gasteiger partial charge in [0, 0.05) is 0 Å².